The molecule has 7 heteroatoms. The van der Waals surface area contributed by atoms with Crippen molar-refractivity contribution in [2.75, 3.05) is 13.7 Å². The van der Waals surface area contributed by atoms with Crippen LogP contribution < -0.4 is 5.32 Å². The molecule has 2 rings (SSSR count). The number of methoxy groups -OCH3 is 1. The van der Waals surface area contributed by atoms with Crippen molar-refractivity contribution in [3.05, 3.63) is 0 Å². The van der Waals surface area contributed by atoms with Gasteiger partial charge in [0.05, 0.1) is 19.1 Å². The molecule has 7 nitrogen and oxygen atoms in total. The quantitative estimate of drug-likeness (QED) is 0.758. The molecule has 118 valence electrons. The van der Waals surface area contributed by atoms with E-state index in [4.69, 9.17) is 9.84 Å². The molecule has 2 amide bonds. The zero-order valence-corrected chi connectivity index (χ0v) is 12.3. The topological polar surface area (TPSA) is 95.9 Å². The normalized spacial score (nSPS) is 23.9. The van der Waals surface area contributed by atoms with Gasteiger partial charge in [0.2, 0.25) is 0 Å². The lowest BCUT2D eigenvalue weighted by molar-refractivity contribution is -0.147. The molecule has 0 spiro atoms. The van der Waals surface area contributed by atoms with Crippen LogP contribution in [-0.2, 0) is 14.3 Å². The van der Waals surface area contributed by atoms with Crippen molar-refractivity contribution in [1.29, 1.82) is 0 Å². The van der Waals surface area contributed by atoms with E-state index in [1.165, 1.54) is 12.0 Å². The minimum Gasteiger partial charge on any atom is -0.481 e. The Hall–Kier alpha value is -1.79. The Morgan fingerprint density at radius 1 is 1.29 bits per heavy atom. The highest BCUT2D eigenvalue weighted by Gasteiger charge is 2.43. The highest BCUT2D eigenvalue weighted by atomic mass is 16.5. The maximum Gasteiger partial charge on any atom is 0.328 e. The molecule has 1 aliphatic heterocycles. The van der Waals surface area contributed by atoms with Gasteiger partial charge in [-0.2, -0.15) is 0 Å². The number of likely N-dealkylation sites (tertiary alicyclic amines) is 1. The Balaban J connectivity index is 2.03. The second-order valence-electron chi connectivity index (χ2n) is 5.86. The van der Waals surface area contributed by atoms with Crippen LogP contribution in [0.15, 0.2) is 0 Å². The van der Waals surface area contributed by atoms with Crippen LogP contribution in [0.5, 0.6) is 0 Å². The molecule has 1 saturated carbocycles. The molecule has 2 aliphatic rings. The number of esters is 1. The number of hydrogen-bond donors (Lipinski definition) is 2. The van der Waals surface area contributed by atoms with Crippen LogP contribution in [0.4, 0.5) is 4.79 Å². The zero-order valence-electron chi connectivity index (χ0n) is 12.3. The predicted octanol–water partition coefficient (Wildman–Crippen LogP) is 1.12. The number of carbonyl (C=O) groups excluding carboxylic acids is 2. The first-order chi connectivity index (χ1) is 9.97. The van der Waals surface area contributed by atoms with Crippen LogP contribution in [0.2, 0.25) is 0 Å². The number of carboxylic acid groups (broad SMARTS) is 1. The van der Waals surface area contributed by atoms with E-state index < -0.39 is 23.5 Å². The minimum absolute atomic E-state index is 0.0739. The Labute approximate surface area is 123 Å². The molecule has 0 aromatic carbocycles. The summed E-state index contributed by atoms with van der Waals surface area (Å²) in [4.78, 5) is 36.6. The number of carboxylic acids is 1. The predicted molar refractivity (Wildman–Crippen MR) is 73.7 cm³/mol. The van der Waals surface area contributed by atoms with Crippen LogP contribution in [0.3, 0.4) is 0 Å². The van der Waals surface area contributed by atoms with Gasteiger partial charge in [-0.1, -0.05) is 0 Å². The average Bonchev–Trinajstić information content (AvgIpc) is 2.43. The highest BCUT2D eigenvalue weighted by molar-refractivity contribution is 5.84. The van der Waals surface area contributed by atoms with Crippen LogP contribution in [-0.4, -0.2) is 53.2 Å². The fraction of sp³-hybridized carbons (Fsp3) is 0.786. The third-order valence-corrected chi connectivity index (χ3v) is 4.41. The molecule has 0 bridgehead atoms. The van der Waals surface area contributed by atoms with E-state index in [1.807, 2.05) is 0 Å². The monoisotopic (exact) mass is 298 g/mol. The van der Waals surface area contributed by atoms with Gasteiger partial charge in [-0.25, -0.2) is 9.59 Å². The van der Waals surface area contributed by atoms with E-state index in [1.54, 1.807) is 0 Å². The van der Waals surface area contributed by atoms with Crippen molar-refractivity contribution in [2.45, 2.75) is 56.5 Å². The van der Waals surface area contributed by atoms with Crippen molar-refractivity contribution < 1.29 is 24.2 Å². The maximum atomic E-state index is 12.4. The van der Waals surface area contributed by atoms with Gasteiger partial charge < -0.3 is 20.1 Å². The largest absolute Gasteiger partial charge is 0.481 e. The molecular weight excluding hydrogens is 276 g/mol. The van der Waals surface area contributed by atoms with Crippen molar-refractivity contribution in [1.82, 2.24) is 10.2 Å². The van der Waals surface area contributed by atoms with Crippen LogP contribution in [0.25, 0.3) is 0 Å². The standard InChI is InChI=1S/C14H22N2O5/c1-21-12(19)10-5-2-3-8-16(10)13(20)15-14(6-4-7-14)9-11(17)18/h10H,2-9H2,1H3,(H,15,20)(H,17,18). The molecule has 2 N–H and O–H groups in total. The average molecular weight is 298 g/mol. The van der Waals surface area contributed by atoms with Gasteiger partial charge in [-0.05, 0) is 38.5 Å². The molecule has 1 heterocycles. The number of rotatable bonds is 4. The van der Waals surface area contributed by atoms with E-state index in [0.717, 1.165) is 19.3 Å². The Kier molecular flexibility index (Phi) is 4.69. The van der Waals surface area contributed by atoms with E-state index in [9.17, 15) is 14.4 Å². The molecule has 0 aromatic rings. The first-order valence-corrected chi connectivity index (χ1v) is 7.36. The number of urea groups is 1. The maximum absolute atomic E-state index is 12.4. The number of piperidine rings is 1. The van der Waals surface area contributed by atoms with Gasteiger partial charge in [0.15, 0.2) is 0 Å². The van der Waals surface area contributed by atoms with Crippen molar-refractivity contribution in [3.63, 3.8) is 0 Å². The van der Waals surface area contributed by atoms with Crippen molar-refractivity contribution in [2.24, 2.45) is 0 Å². The lowest BCUT2D eigenvalue weighted by Gasteiger charge is -2.44. The third-order valence-electron chi connectivity index (χ3n) is 4.41. The lowest BCUT2D eigenvalue weighted by atomic mass is 9.74. The first kappa shape index (κ1) is 15.6. The Bertz CT molecular complexity index is 433. The van der Waals surface area contributed by atoms with Gasteiger partial charge in [0.1, 0.15) is 6.04 Å². The molecule has 2 fully saturated rings. The van der Waals surface area contributed by atoms with Gasteiger partial charge in [0.25, 0.3) is 0 Å². The SMILES string of the molecule is COC(=O)C1CCCCN1C(=O)NC1(CC(=O)O)CCC1. The highest BCUT2D eigenvalue weighted by Crippen LogP contribution is 2.35. The molecule has 1 unspecified atom stereocenters. The second kappa shape index (κ2) is 6.32. The van der Waals surface area contributed by atoms with E-state index in [-0.39, 0.29) is 12.5 Å². The molecule has 1 saturated heterocycles. The number of amides is 2. The summed E-state index contributed by atoms with van der Waals surface area (Å²) in [5.74, 6) is -1.33. The summed E-state index contributed by atoms with van der Waals surface area (Å²) in [6.45, 7) is 0.495. The minimum atomic E-state index is -0.918. The molecule has 0 aromatic heterocycles. The molecule has 0 radical (unpaired) electrons. The van der Waals surface area contributed by atoms with Crippen molar-refractivity contribution >= 4 is 18.0 Å². The summed E-state index contributed by atoms with van der Waals surface area (Å²) >= 11 is 0. The van der Waals surface area contributed by atoms with Gasteiger partial charge in [0, 0.05) is 6.54 Å². The molecule has 1 aliphatic carbocycles. The summed E-state index contributed by atoms with van der Waals surface area (Å²) in [5, 5.41) is 11.8. The fourth-order valence-corrected chi connectivity index (χ4v) is 3.09. The van der Waals surface area contributed by atoms with Gasteiger partial charge in [-0.3, -0.25) is 4.79 Å². The van der Waals surface area contributed by atoms with Crippen LogP contribution in [0, 0.1) is 0 Å². The van der Waals surface area contributed by atoms with E-state index >= 15 is 0 Å². The number of carbonyl (C=O) groups is 3. The third kappa shape index (κ3) is 3.46. The number of ether oxygens (including phenoxy) is 1. The summed E-state index contributed by atoms with van der Waals surface area (Å²) in [6, 6.07) is -0.920. The molecule has 1 atom stereocenters. The van der Waals surface area contributed by atoms with Crippen molar-refractivity contribution in [3.8, 4) is 0 Å². The van der Waals surface area contributed by atoms with Gasteiger partial charge >= 0.3 is 18.0 Å². The van der Waals surface area contributed by atoms with Crippen LogP contribution >= 0.6 is 0 Å². The molecule has 21 heavy (non-hydrogen) atoms. The molecular formula is C14H22N2O5. The Morgan fingerprint density at radius 3 is 2.52 bits per heavy atom. The van der Waals surface area contributed by atoms with Crippen LogP contribution in [0.1, 0.15) is 44.9 Å². The first-order valence-electron chi connectivity index (χ1n) is 7.36. The zero-order chi connectivity index (χ0) is 15.5. The number of aliphatic carboxylic acids is 1. The smallest absolute Gasteiger partial charge is 0.328 e. The summed E-state index contributed by atoms with van der Waals surface area (Å²) in [6.07, 6.45) is 4.48. The number of hydrogen-bond acceptors (Lipinski definition) is 4. The lowest BCUT2D eigenvalue weighted by Crippen LogP contribution is -2.61. The Morgan fingerprint density at radius 2 is 2.00 bits per heavy atom. The van der Waals surface area contributed by atoms with Gasteiger partial charge in [-0.15, -0.1) is 0 Å². The second-order valence-corrected chi connectivity index (χ2v) is 5.86. The summed E-state index contributed by atoms with van der Waals surface area (Å²) in [7, 11) is 1.31. The summed E-state index contributed by atoms with van der Waals surface area (Å²) < 4.78 is 4.75. The van der Waals surface area contributed by atoms with E-state index in [0.29, 0.717) is 25.8 Å². The fourth-order valence-electron chi connectivity index (χ4n) is 3.09. The number of nitrogens with one attached hydrogen (secondary N) is 1. The van der Waals surface area contributed by atoms with E-state index in [2.05, 4.69) is 5.32 Å². The number of nitrogens with zero attached hydrogens (tertiary/aromatic N) is 1. The summed E-state index contributed by atoms with van der Waals surface area (Å²) in [5.41, 5.74) is -0.652.